The van der Waals surface area contributed by atoms with Gasteiger partial charge in [0.15, 0.2) is 9.84 Å². The van der Waals surface area contributed by atoms with Gasteiger partial charge in [0.05, 0.1) is 17.5 Å². The lowest BCUT2D eigenvalue weighted by molar-refractivity contribution is -0.126. The summed E-state index contributed by atoms with van der Waals surface area (Å²) in [5, 5.41) is 2.90. The van der Waals surface area contributed by atoms with Crippen molar-refractivity contribution in [1.29, 1.82) is 0 Å². The molecular weight excluding hydrogens is 326 g/mol. The van der Waals surface area contributed by atoms with Crippen LogP contribution in [0.25, 0.3) is 0 Å². The average Bonchev–Trinajstić information content (AvgIpc) is 2.93. The van der Waals surface area contributed by atoms with Gasteiger partial charge in [0.25, 0.3) is 0 Å². The van der Waals surface area contributed by atoms with E-state index in [1.54, 1.807) is 0 Å². The second-order valence-electron chi connectivity index (χ2n) is 6.64. The quantitative estimate of drug-likeness (QED) is 0.855. The fourth-order valence-electron chi connectivity index (χ4n) is 3.40. The minimum atomic E-state index is -2.96. The fourth-order valence-corrected chi connectivity index (χ4v) is 5.08. The van der Waals surface area contributed by atoms with E-state index >= 15 is 0 Å². The van der Waals surface area contributed by atoms with Crippen LogP contribution in [0, 0.1) is 0 Å². The second kappa shape index (κ2) is 7.11. The maximum atomic E-state index is 12.4. The van der Waals surface area contributed by atoms with Crippen molar-refractivity contribution in [3.05, 3.63) is 30.3 Å². The Bertz CT molecular complexity index is 670. The maximum absolute atomic E-state index is 12.4. The van der Waals surface area contributed by atoms with Crippen molar-refractivity contribution in [3.8, 4) is 0 Å². The number of sulfone groups is 1. The molecule has 2 atom stereocenters. The molecule has 1 aromatic carbocycles. The molecular formula is C17H25N3O3S. The highest BCUT2D eigenvalue weighted by Crippen LogP contribution is 2.17. The fraction of sp³-hybridized carbons (Fsp3) is 0.588. The van der Waals surface area contributed by atoms with Crippen molar-refractivity contribution in [1.82, 2.24) is 10.2 Å². The van der Waals surface area contributed by atoms with Crippen LogP contribution in [0.3, 0.4) is 0 Å². The zero-order valence-corrected chi connectivity index (χ0v) is 14.8. The molecule has 0 aromatic heterocycles. The monoisotopic (exact) mass is 351 g/mol. The van der Waals surface area contributed by atoms with Gasteiger partial charge in [-0.15, -0.1) is 0 Å². The standard InChI is InChI=1S/C17H25N3O3S/c1-14(17(21)18-15-7-12-24(22,23)13-15)19-8-10-20(11-9-19)16-5-3-2-4-6-16/h2-6,14-15H,7-13H2,1H3,(H,18,21)/t14-,15+/m1/s1. The first-order valence-corrected chi connectivity index (χ1v) is 10.3. The van der Waals surface area contributed by atoms with Gasteiger partial charge in [-0.25, -0.2) is 8.42 Å². The number of hydrogen-bond acceptors (Lipinski definition) is 5. The van der Waals surface area contributed by atoms with Gasteiger partial charge in [0.2, 0.25) is 5.91 Å². The van der Waals surface area contributed by atoms with Crippen LogP contribution in [0.15, 0.2) is 30.3 Å². The minimum Gasteiger partial charge on any atom is -0.369 e. The smallest absolute Gasteiger partial charge is 0.237 e. The Hall–Kier alpha value is -1.60. The zero-order chi connectivity index (χ0) is 17.2. The summed E-state index contributed by atoms with van der Waals surface area (Å²) in [6, 6.07) is 9.83. The molecule has 24 heavy (non-hydrogen) atoms. The number of nitrogens with zero attached hydrogens (tertiary/aromatic N) is 2. The van der Waals surface area contributed by atoms with E-state index in [2.05, 4.69) is 27.2 Å². The third-order valence-corrected chi connectivity index (χ3v) is 6.71. The predicted molar refractivity (Wildman–Crippen MR) is 94.9 cm³/mol. The lowest BCUT2D eigenvalue weighted by Gasteiger charge is -2.38. The molecule has 0 bridgehead atoms. The maximum Gasteiger partial charge on any atom is 0.237 e. The number of amides is 1. The number of carbonyl (C=O) groups is 1. The molecule has 132 valence electrons. The Balaban J connectivity index is 1.50. The summed E-state index contributed by atoms with van der Waals surface area (Å²) in [5.41, 5.74) is 1.21. The van der Waals surface area contributed by atoms with Crippen molar-refractivity contribution in [2.75, 3.05) is 42.6 Å². The number of para-hydroxylation sites is 1. The SMILES string of the molecule is C[C@H](C(=O)N[C@H]1CCS(=O)(=O)C1)N1CCN(c2ccccc2)CC1. The molecule has 0 aliphatic carbocycles. The van der Waals surface area contributed by atoms with Crippen LogP contribution in [0.5, 0.6) is 0 Å². The topological polar surface area (TPSA) is 69.7 Å². The van der Waals surface area contributed by atoms with E-state index in [-0.39, 0.29) is 29.5 Å². The lowest BCUT2D eigenvalue weighted by atomic mass is 10.1. The number of carbonyl (C=O) groups excluding carboxylic acids is 1. The van der Waals surface area contributed by atoms with Gasteiger partial charge >= 0.3 is 0 Å². The molecule has 3 rings (SSSR count). The molecule has 2 saturated heterocycles. The first kappa shape index (κ1) is 17.2. The van der Waals surface area contributed by atoms with Crippen molar-refractivity contribution in [3.63, 3.8) is 0 Å². The molecule has 0 saturated carbocycles. The molecule has 6 nitrogen and oxygen atoms in total. The summed E-state index contributed by atoms with van der Waals surface area (Å²) in [5.74, 6) is 0.195. The van der Waals surface area contributed by atoms with Gasteiger partial charge in [-0.2, -0.15) is 0 Å². The lowest BCUT2D eigenvalue weighted by Crippen LogP contribution is -2.55. The summed E-state index contributed by atoms with van der Waals surface area (Å²) in [4.78, 5) is 16.9. The van der Waals surface area contributed by atoms with Crippen molar-refractivity contribution in [2.45, 2.75) is 25.4 Å². The Kier molecular flexibility index (Phi) is 5.10. The first-order valence-electron chi connectivity index (χ1n) is 8.49. The molecule has 2 aliphatic rings. The normalized spacial score (nSPS) is 25.4. The number of piperazine rings is 1. The van der Waals surface area contributed by atoms with Crippen LogP contribution >= 0.6 is 0 Å². The molecule has 0 spiro atoms. The van der Waals surface area contributed by atoms with E-state index in [0.717, 1.165) is 26.2 Å². The Morgan fingerprint density at radius 3 is 2.42 bits per heavy atom. The van der Waals surface area contributed by atoms with Crippen molar-refractivity contribution >= 4 is 21.4 Å². The molecule has 2 heterocycles. The number of nitrogens with one attached hydrogen (secondary N) is 1. The van der Waals surface area contributed by atoms with E-state index < -0.39 is 9.84 Å². The molecule has 2 aliphatic heterocycles. The number of hydrogen-bond donors (Lipinski definition) is 1. The van der Waals surface area contributed by atoms with E-state index in [1.807, 2.05) is 25.1 Å². The summed E-state index contributed by atoms with van der Waals surface area (Å²) >= 11 is 0. The molecule has 2 fully saturated rings. The minimum absolute atomic E-state index is 0.0646. The van der Waals surface area contributed by atoms with Gasteiger partial charge < -0.3 is 10.2 Å². The van der Waals surface area contributed by atoms with E-state index in [1.165, 1.54) is 5.69 Å². The Labute approximate surface area is 143 Å². The number of anilines is 1. The van der Waals surface area contributed by atoms with Gasteiger partial charge in [-0.05, 0) is 25.5 Å². The van der Waals surface area contributed by atoms with Crippen LogP contribution < -0.4 is 10.2 Å². The Morgan fingerprint density at radius 1 is 1.17 bits per heavy atom. The first-order chi connectivity index (χ1) is 11.4. The highest BCUT2D eigenvalue weighted by Gasteiger charge is 2.32. The molecule has 1 amide bonds. The van der Waals surface area contributed by atoms with Crippen molar-refractivity contribution in [2.24, 2.45) is 0 Å². The largest absolute Gasteiger partial charge is 0.369 e. The summed E-state index contributed by atoms with van der Waals surface area (Å²) in [6.45, 7) is 5.33. The molecule has 7 heteroatoms. The van der Waals surface area contributed by atoms with Crippen LogP contribution in [0.2, 0.25) is 0 Å². The van der Waals surface area contributed by atoms with Crippen LogP contribution in [0.1, 0.15) is 13.3 Å². The third-order valence-electron chi connectivity index (χ3n) is 4.94. The molecule has 1 N–H and O–H groups in total. The summed E-state index contributed by atoms with van der Waals surface area (Å²) in [7, 11) is -2.96. The van der Waals surface area contributed by atoms with Gasteiger partial charge in [0, 0.05) is 37.9 Å². The van der Waals surface area contributed by atoms with E-state index in [4.69, 9.17) is 0 Å². The van der Waals surface area contributed by atoms with Crippen LogP contribution in [-0.4, -0.2) is 69.0 Å². The third kappa shape index (κ3) is 4.08. The molecule has 0 radical (unpaired) electrons. The van der Waals surface area contributed by atoms with Gasteiger partial charge in [-0.1, -0.05) is 18.2 Å². The summed E-state index contributed by atoms with van der Waals surface area (Å²) < 4.78 is 23.0. The number of benzene rings is 1. The zero-order valence-electron chi connectivity index (χ0n) is 14.0. The van der Waals surface area contributed by atoms with Crippen molar-refractivity contribution < 1.29 is 13.2 Å². The van der Waals surface area contributed by atoms with E-state index in [9.17, 15) is 13.2 Å². The summed E-state index contributed by atoms with van der Waals surface area (Å²) in [6.07, 6.45) is 0.530. The number of rotatable bonds is 4. The van der Waals surface area contributed by atoms with Crippen LogP contribution in [-0.2, 0) is 14.6 Å². The Morgan fingerprint density at radius 2 is 1.83 bits per heavy atom. The highest BCUT2D eigenvalue weighted by atomic mass is 32.2. The van der Waals surface area contributed by atoms with Gasteiger partial charge in [-0.3, -0.25) is 9.69 Å². The second-order valence-corrected chi connectivity index (χ2v) is 8.87. The average molecular weight is 351 g/mol. The predicted octanol–water partition coefficient (Wildman–Crippen LogP) is 0.500. The highest BCUT2D eigenvalue weighted by molar-refractivity contribution is 7.91. The van der Waals surface area contributed by atoms with E-state index in [0.29, 0.717) is 6.42 Å². The van der Waals surface area contributed by atoms with Gasteiger partial charge in [0.1, 0.15) is 0 Å². The molecule has 1 aromatic rings. The molecule has 0 unspecified atom stereocenters. The van der Waals surface area contributed by atoms with Crippen LogP contribution in [0.4, 0.5) is 5.69 Å².